The summed E-state index contributed by atoms with van der Waals surface area (Å²) < 4.78 is 33.4. The SMILES string of the molecule is CCCCCCCCCCCC(N)=NC(CCCCCCCC(=N)[NH-])C(CC)S(=O)(=O)O. The number of unbranched alkanes of at least 4 members (excludes halogenated alkanes) is 12. The number of hydrogen-bond donors (Lipinski definition) is 3. The molecule has 0 aromatic carbocycles. The summed E-state index contributed by atoms with van der Waals surface area (Å²) >= 11 is 0. The van der Waals surface area contributed by atoms with Crippen LogP contribution < -0.4 is 5.73 Å². The van der Waals surface area contributed by atoms with Gasteiger partial charge in [0.15, 0.2) is 0 Å². The van der Waals surface area contributed by atoms with Crippen LogP contribution in [0, 0.1) is 5.41 Å². The fraction of sp³-hybridized carbons (Fsp3) is 0.917. The average Bonchev–Trinajstić information content (AvgIpc) is 2.70. The predicted octanol–water partition coefficient (Wildman–Crippen LogP) is 7.06. The topological polar surface area (TPSA) is 140 Å². The molecule has 0 bridgehead atoms. The van der Waals surface area contributed by atoms with E-state index >= 15 is 0 Å². The number of nitrogens with one attached hydrogen (secondary N) is 2. The highest BCUT2D eigenvalue weighted by atomic mass is 32.2. The van der Waals surface area contributed by atoms with E-state index in [9.17, 15) is 13.0 Å². The Labute approximate surface area is 197 Å². The molecule has 0 aromatic heterocycles. The zero-order valence-corrected chi connectivity index (χ0v) is 21.4. The van der Waals surface area contributed by atoms with Gasteiger partial charge in [-0.3, -0.25) is 9.55 Å². The minimum atomic E-state index is -4.17. The predicted molar refractivity (Wildman–Crippen MR) is 137 cm³/mol. The van der Waals surface area contributed by atoms with Crippen LogP contribution in [0.2, 0.25) is 0 Å². The minimum Gasteiger partial charge on any atom is -0.486 e. The smallest absolute Gasteiger partial charge is 0.269 e. The first-order valence-electron chi connectivity index (χ1n) is 12.8. The molecule has 0 radical (unpaired) electrons. The van der Waals surface area contributed by atoms with Crippen molar-refractivity contribution in [2.24, 2.45) is 10.7 Å². The van der Waals surface area contributed by atoms with Crippen molar-refractivity contribution < 1.29 is 13.0 Å². The number of aliphatic imine (C=N–C) groups is 1. The van der Waals surface area contributed by atoms with Gasteiger partial charge in [0, 0.05) is 6.42 Å². The molecule has 8 heteroatoms. The van der Waals surface area contributed by atoms with Crippen molar-refractivity contribution in [1.29, 1.82) is 5.41 Å². The lowest BCUT2D eigenvalue weighted by Gasteiger charge is -2.21. The molecule has 0 aliphatic heterocycles. The first kappa shape index (κ1) is 30.9. The van der Waals surface area contributed by atoms with Crippen LogP contribution >= 0.6 is 0 Å². The van der Waals surface area contributed by atoms with Gasteiger partial charge in [-0.15, -0.1) is 0 Å². The highest BCUT2D eigenvalue weighted by molar-refractivity contribution is 7.86. The Balaban J connectivity index is 4.45. The average molecular weight is 474 g/mol. The van der Waals surface area contributed by atoms with E-state index in [4.69, 9.17) is 16.9 Å². The molecule has 190 valence electrons. The largest absolute Gasteiger partial charge is 0.486 e. The van der Waals surface area contributed by atoms with Crippen LogP contribution in [0.3, 0.4) is 0 Å². The second-order valence-electron chi connectivity index (χ2n) is 9.01. The first-order valence-corrected chi connectivity index (χ1v) is 14.3. The zero-order chi connectivity index (χ0) is 24.2. The van der Waals surface area contributed by atoms with Crippen LogP contribution in [0.15, 0.2) is 4.99 Å². The Hall–Kier alpha value is -1.15. The van der Waals surface area contributed by atoms with Gasteiger partial charge in [-0.25, -0.2) is 0 Å². The van der Waals surface area contributed by atoms with E-state index in [2.05, 4.69) is 11.9 Å². The van der Waals surface area contributed by atoms with Gasteiger partial charge in [-0.2, -0.15) is 8.42 Å². The summed E-state index contributed by atoms with van der Waals surface area (Å²) in [6, 6.07) is -0.505. The molecule has 0 amide bonds. The molecule has 0 aliphatic carbocycles. The molecule has 0 spiro atoms. The van der Waals surface area contributed by atoms with Crippen molar-refractivity contribution in [3.63, 3.8) is 0 Å². The molecule has 0 aliphatic rings. The van der Waals surface area contributed by atoms with Crippen molar-refractivity contribution in [2.45, 2.75) is 141 Å². The van der Waals surface area contributed by atoms with Gasteiger partial charge < -0.3 is 16.9 Å². The summed E-state index contributed by atoms with van der Waals surface area (Å²) in [6.45, 7) is 3.99. The fourth-order valence-corrected chi connectivity index (χ4v) is 5.11. The summed E-state index contributed by atoms with van der Waals surface area (Å²) in [5, 5.41) is 6.22. The highest BCUT2D eigenvalue weighted by Gasteiger charge is 2.30. The van der Waals surface area contributed by atoms with Crippen molar-refractivity contribution in [3.8, 4) is 0 Å². The monoisotopic (exact) mass is 473 g/mol. The number of nitrogens with two attached hydrogens (primary N) is 1. The Morgan fingerprint density at radius 1 is 0.875 bits per heavy atom. The molecule has 0 fully saturated rings. The van der Waals surface area contributed by atoms with Crippen LogP contribution in [0.4, 0.5) is 0 Å². The summed E-state index contributed by atoms with van der Waals surface area (Å²) in [5.41, 5.74) is 13.3. The van der Waals surface area contributed by atoms with Crippen molar-refractivity contribution in [3.05, 3.63) is 5.73 Å². The van der Waals surface area contributed by atoms with E-state index in [1.165, 1.54) is 44.9 Å². The molecule has 7 nitrogen and oxygen atoms in total. The molecule has 0 saturated carbocycles. The summed E-state index contributed by atoms with van der Waals surface area (Å²) in [7, 11) is -4.17. The van der Waals surface area contributed by atoms with Gasteiger partial charge in [0.2, 0.25) is 0 Å². The molecular weight excluding hydrogens is 424 g/mol. The highest BCUT2D eigenvalue weighted by Crippen LogP contribution is 2.20. The quantitative estimate of drug-likeness (QED) is 0.0669. The van der Waals surface area contributed by atoms with E-state index in [0.717, 1.165) is 44.9 Å². The number of nitrogens with zero attached hydrogens (tertiary/aromatic N) is 1. The molecule has 2 atom stereocenters. The normalized spacial score (nSPS) is 14.4. The Bertz CT molecular complexity index is 608. The van der Waals surface area contributed by atoms with Crippen LogP contribution in [0.25, 0.3) is 5.73 Å². The second-order valence-corrected chi connectivity index (χ2v) is 10.6. The lowest BCUT2D eigenvalue weighted by atomic mass is 10.0. The maximum Gasteiger partial charge on any atom is 0.269 e. The Morgan fingerprint density at radius 2 is 1.34 bits per heavy atom. The maximum atomic E-state index is 11.9. The van der Waals surface area contributed by atoms with Gasteiger partial charge >= 0.3 is 0 Å². The number of hydrogen-bond acceptors (Lipinski definition) is 4. The van der Waals surface area contributed by atoms with E-state index < -0.39 is 21.4 Å². The van der Waals surface area contributed by atoms with Gasteiger partial charge in [-0.1, -0.05) is 96.7 Å². The van der Waals surface area contributed by atoms with Gasteiger partial charge in [-0.05, 0) is 32.1 Å². The molecular formula is C24H49N4O3S-. The number of rotatable bonds is 22. The van der Waals surface area contributed by atoms with Crippen molar-refractivity contribution in [2.75, 3.05) is 0 Å². The molecule has 2 unspecified atom stereocenters. The molecule has 32 heavy (non-hydrogen) atoms. The fourth-order valence-electron chi connectivity index (χ4n) is 4.09. The van der Waals surface area contributed by atoms with Gasteiger partial charge in [0.25, 0.3) is 10.1 Å². The van der Waals surface area contributed by atoms with Gasteiger partial charge in [0.1, 0.15) is 5.25 Å². The first-order chi connectivity index (χ1) is 15.2. The van der Waals surface area contributed by atoms with E-state index in [1.54, 1.807) is 6.92 Å². The van der Waals surface area contributed by atoms with E-state index in [1.807, 2.05) is 0 Å². The molecule has 0 saturated heterocycles. The van der Waals surface area contributed by atoms with E-state index in [0.29, 0.717) is 31.5 Å². The van der Waals surface area contributed by atoms with E-state index in [-0.39, 0.29) is 5.84 Å². The van der Waals surface area contributed by atoms with Crippen LogP contribution in [0.5, 0.6) is 0 Å². The number of amidine groups is 2. The van der Waals surface area contributed by atoms with Crippen LogP contribution in [-0.4, -0.2) is 35.9 Å². The standard InChI is InChI=1S/C24H49N4O3S/c1-3-5-6-7-8-9-10-14-17-20-24(27)28-21(22(4-2)32(29,30)31)18-15-12-11-13-16-19-23(25)26/h21-22H,3-20H2,1-2H3,(H5-,25,26,27,28,29,30,31)/q-1. The summed E-state index contributed by atoms with van der Waals surface area (Å²) in [4.78, 5) is 4.54. The molecule has 0 heterocycles. The minimum absolute atomic E-state index is 0.0270. The zero-order valence-electron chi connectivity index (χ0n) is 20.6. The molecule has 0 rings (SSSR count). The Kier molecular flexibility index (Phi) is 18.6. The third kappa shape index (κ3) is 17.4. The molecule has 0 aromatic rings. The second kappa shape index (κ2) is 19.3. The summed E-state index contributed by atoms with van der Waals surface area (Å²) in [5.74, 6) is 0.467. The lowest BCUT2D eigenvalue weighted by Crippen LogP contribution is -2.34. The Morgan fingerprint density at radius 3 is 1.81 bits per heavy atom. The van der Waals surface area contributed by atoms with Crippen LogP contribution in [-0.2, 0) is 10.1 Å². The van der Waals surface area contributed by atoms with Crippen molar-refractivity contribution in [1.82, 2.24) is 0 Å². The van der Waals surface area contributed by atoms with Crippen LogP contribution in [0.1, 0.15) is 129 Å². The summed E-state index contributed by atoms with van der Waals surface area (Å²) in [6.07, 6.45) is 17.7. The third-order valence-corrected chi connectivity index (χ3v) is 7.42. The van der Waals surface area contributed by atoms with Gasteiger partial charge in [0.05, 0.1) is 11.9 Å². The lowest BCUT2D eigenvalue weighted by molar-refractivity contribution is 0.433. The van der Waals surface area contributed by atoms with Crippen molar-refractivity contribution >= 4 is 21.8 Å². The third-order valence-electron chi connectivity index (χ3n) is 6.01. The molecule has 5 N–H and O–H groups in total. The maximum absolute atomic E-state index is 11.9.